The zero-order chi connectivity index (χ0) is 11.5. The summed E-state index contributed by atoms with van der Waals surface area (Å²) in [5.74, 6) is 0.336. The molecule has 92 valence electrons. The molecule has 2 aliphatic rings. The molecule has 1 aliphatic carbocycles. The van der Waals surface area contributed by atoms with Gasteiger partial charge in [-0.15, -0.1) is 0 Å². The summed E-state index contributed by atoms with van der Waals surface area (Å²) in [6, 6.07) is 0.253. The Morgan fingerprint density at radius 1 is 1.31 bits per heavy atom. The lowest BCUT2D eigenvalue weighted by atomic mass is 9.85. The second-order valence-corrected chi connectivity index (χ2v) is 5.13. The van der Waals surface area contributed by atoms with Gasteiger partial charge in [0.15, 0.2) is 0 Å². The summed E-state index contributed by atoms with van der Waals surface area (Å²) in [5.41, 5.74) is 5.91. The van der Waals surface area contributed by atoms with Gasteiger partial charge in [0, 0.05) is 18.5 Å². The lowest BCUT2D eigenvalue weighted by Gasteiger charge is -2.31. The van der Waals surface area contributed by atoms with Crippen LogP contribution in [0.4, 0.5) is 0 Å². The maximum Gasteiger partial charge on any atom is 0.226 e. The molecule has 0 spiro atoms. The second kappa shape index (κ2) is 5.15. The fraction of sp³-hybridized carbons (Fsp3) is 0.917. The van der Waals surface area contributed by atoms with E-state index in [9.17, 15) is 9.90 Å². The van der Waals surface area contributed by atoms with Gasteiger partial charge in [-0.1, -0.05) is 6.42 Å². The number of aliphatic hydroxyl groups excluding tert-OH is 1. The molecule has 16 heavy (non-hydrogen) atoms. The Morgan fingerprint density at radius 2 is 2.12 bits per heavy atom. The highest BCUT2D eigenvalue weighted by molar-refractivity contribution is 5.79. The van der Waals surface area contributed by atoms with Crippen LogP contribution in [0.15, 0.2) is 0 Å². The van der Waals surface area contributed by atoms with Gasteiger partial charge in [0.2, 0.25) is 5.91 Å². The van der Waals surface area contributed by atoms with Crippen molar-refractivity contribution in [3.8, 4) is 0 Å². The Bertz CT molecular complexity index is 257. The van der Waals surface area contributed by atoms with Crippen molar-refractivity contribution in [1.29, 1.82) is 0 Å². The van der Waals surface area contributed by atoms with Crippen LogP contribution in [0.1, 0.15) is 38.5 Å². The number of rotatable bonds is 2. The Labute approximate surface area is 96.8 Å². The third kappa shape index (κ3) is 2.38. The summed E-state index contributed by atoms with van der Waals surface area (Å²) in [6.07, 6.45) is 5.88. The number of hydrogen-bond acceptors (Lipinski definition) is 3. The summed E-state index contributed by atoms with van der Waals surface area (Å²) in [7, 11) is 0. The van der Waals surface area contributed by atoms with Crippen LogP contribution in [0, 0.1) is 5.92 Å². The topological polar surface area (TPSA) is 66.6 Å². The van der Waals surface area contributed by atoms with Crippen LogP contribution in [0.3, 0.4) is 0 Å². The molecule has 1 saturated carbocycles. The van der Waals surface area contributed by atoms with Gasteiger partial charge in [-0.3, -0.25) is 4.79 Å². The van der Waals surface area contributed by atoms with E-state index in [1.165, 1.54) is 0 Å². The van der Waals surface area contributed by atoms with Crippen molar-refractivity contribution in [3.05, 3.63) is 0 Å². The Morgan fingerprint density at radius 3 is 2.81 bits per heavy atom. The van der Waals surface area contributed by atoms with E-state index in [0.29, 0.717) is 0 Å². The van der Waals surface area contributed by atoms with E-state index in [1.54, 1.807) is 0 Å². The van der Waals surface area contributed by atoms with Crippen molar-refractivity contribution in [2.75, 3.05) is 13.2 Å². The molecule has 1 heterocycles. The van der Waals surface area contributed by atoms with Crippen molar-refractivity contribution in [2.24, 2.45) is 11.7 Å². The molecule has 3 atom stereocenters. The van der Waals surface area contributed by atoms with Crippen molar-refractivity contribution < 1.29 is 9.90 Å². The van der Waals surface area contributed by atoms with Gasteiger partial charge >= 0.3 is 0 Å². The molecule has 1 saturated heterocycles. The number of nitrogens with two attached hydrogens (primary N) is 1. The number of likely N-dealkylation sites (tertiary alicyclic amines) is 1. The second-order valence-electron chi connectivity index (χ2n) is 5.13. The third-order valence-corrected chi connectivity index (χ3v) is 3.93. The summed E-state index contributed by atoms with van der Waals surface area (Å²) >= 11 is 0. The van der Waals surface area contributed by atoms with Crippen LogP contribution in [0.25, 0.3) is 0 Å². The highest BCUT2D eigenvalue weighted by atomic mass is 16.3. The Balaban J connectivity index is 1.95. The first-order valence-corrected chi connectivity index (χ1v) is 6.39. The minimum absolute atomic E-state index is 0.0608. The minimum Gasteiger partial charge on any atom is -0.394 e. The number of amides is 1. The van der Waals surface area contributed by atoms with Gasteiger partial charge in [-0.25, -0.2) is 0 Å². The zero-order valence-electron chi connectivity index (χ0n) is 9.77. The maximum atomic E-state index is 12.3. The van der Waals surface area contributed by atoms with E-state index < -0.39 is 0 Å². The fourth-order valence-electron chi connectivity index (χ4n) is 3.00. The summed E-state index contributed by atoms with van der Waals surface area (Å²) in [6.45, 7) is 0.917. The average molecular weight is 226 g/mol. The molecule has 0 aromatic carbocycles. The van der Waals surface area contributed by atoms with E-state index in [1.807, 2.05) is 4.90 Å². The van der Waals surface area contributed by atoms with Gasteiger partial charge in [0.05, 0.1) is 12.6 Å². The lowest BCUT2D eigenvalue weighted by molar-refractivity contribution is -0.138. The monoisotopic (exact) mass is 226 g/mol. The van der Waals surface area contributed by atoms with Crippen LogP contribution in [-0.4, -0.2) is 41.1 Å². The summed E-state index contributed by atoms with van der Waals surface area (Å²) < 4.78 is 0. The number of aliphatic hydroxyl groups is 1. The first kappa shape index (κ1) is 11.9. The SMILES string of the molecule is NC1CCCC(C(=O)N2CCC[C@H]2CO)C1. The first-order valence-electron chi connectivity index (χ1n) is 6.39. The fourth-order valence-corrected chi connectivity index (χ4v) is 3.00. The molecule has 2 unspecified atom stereocenters. The van der Waals surface area contributed by atoms with Gasteiger partial charge in [0.25, 0.3) is 0 Å². The predicted octanol–water partition coefficient (Wildman–Crippen LogP) is 0.487. The van der Waals surface area contributed by atoms with Gasteiger partial charge < -0.3 is 15.7 Å². The van der Waals surface area contributed by atoms with Gasteiger partial charge in [0.1, 0.15) is 0 Å². The van der Waals surface area contributed by atoms with Crippen LogP contribution in [0.5, 0.6) is 0 Å². The molecule has 2 rings (SSSR count). The number of hydrogen-bond donors (Lipinski definition) is 2. The van der Waals surface area contributed by atoms with Crippen molar-refractivity contribution in [2.45, 2.75) is 50.6 Å². The smallest absolute Gasteiger partial charge is 0.226 e. The molecule has 4 heteroatoms. The van der Waals surface area contributed by atoms with Crippen LogP contribution in [0.2, 0.25) is 0 Å². The van der Waals surface area contributed by atoms with E-state index in [4.69, 9.17) is 5.73 Å². The van der Waals surface area contributed by atoms with E-state index in [-0.39, 0.29) is 30.5 Å². The third-order valence-electron chi connectivity index (χ3n) is 3.93. The van der Waals surface area contributed by atoms with Crippen LogP contribution < -0.4 is 5.73 Å². The Hall–Kier alpha value is -0.610. The highest BCUT2D eigenvalue weighted by Gasteiger charge is 2.34. The molecule has 0 aromatic heterocycles. The summed E-state index contributed by atoms with van der Waals surface area (Å²) in [5, 5.41) is 9.22. The molecule has 3 N–H and O–H groups in total. The molecule has 1 aliphatic heterocycles. The molecule has 0 bridgehead atoms. The molecule has 2 fully saturated rings. The first-order chi connectivity index (χ1) is 7.72. The molecule has 0 aromatic rings. The van der Waals surface area contributed by atoms with Crippen LogP contribution in [-0.2, 0) is 4.79 Å². The molecule has 0 radical (unpaired) electrons. The van der Waals surface area contributed by atoms with Gasteiger partial charge in [-0.05, 0) is 32.1 Å². The normalized spacial score (nSPS) is 35.4. The number of carbonyl (C=O) groups excluding carboxylic acids is 1. The van der Waals surface area contributed by atoms with E-state index >= 15 is 0 Å². The van der Waals surface area contributed by atoms with Crippen molar-refractivity contribution in [1.82, 2.24) is 4.90 Å². The summed E-state index contributed by atoms with van der Waals surface area (Å²) in [4.78, 5) is 14.2. The zero-order valence-corrected chi connectivity index (χ0v) is 9.77. The minimum atomic E-state index is 0.0608. The number of carbonyl (C=O) groups is 1. The average Bonchev–Trinajstić information content (AvgIpc) is 2.76. The molecule has 1 amide bonds. The standard InChI is InChI=1S/C12H22N2O2/c13-10-4-1-3-9(7-10)12(16)14-6-2-5-11(14)8-15/h9-11,15H,1-8,13H2/t9?,10?,11-/m0/s1. The quantitative estimate of drug-likeness (QED) is 0.720. The molecule has 4 nitrogen and oxygen atoms in total. The van der Waals surface area contributed by atoms with E-state index in [0.717, 1.165) is 45.1 Å². The number of nitrogens with zero attached hydrogens (tertiary/aromatic N) is 1. The van der Waals surface area contributed by atoms with Crippen LogP contribution >= 0.6 is 0 Å². The van der Waals surface area contributed by atoms with Crippen molar-refractivity contribution >= 4 is 5.91 Å². The molecular formula is C12H22N2O2. The lowest BCUT2D eigenvalue weighted by Crippen LogP contribution is -2.44. The predicted molar refractivity (Wildman–Crippen MR) is 61.8 cm³/mol. The Kier molecular flexibility index (Phi) is 3.82. The largest absolute Gasteiger partial charge is 0.394 e. The van der Waals surface area contributed by atoms with E-state index in [2.05, 4.69) is 0 Å². The highest BCUT2D eigenvalue weighted by Crippen LogP contribution is 2.28. The van der Waals surface area contributed by atoms with Gasteiger partial charge in [-0.2, -0.15) is 0 Å². The van der Waals surface area contributed by atoms with Crippen molar-refractivity contribution in [3.63, 3.8) is 0 Å². The molecular weight excluding hydrogens is 204 g/mol. The maximum absolute atomic E-state index is 12.3.